The number of benzene rings is 1. The molecule has 1 fully saturated rings. The second-order valence-electron chi connectivity index (χ2n) is 4.77. The van der Waals surface area contributed by atoms with Crippen LogP contribution < -0.4 is 5.32 Å². The van der Waals surface area contributed by atoms with E-state index < -0.39 is 29.3 Å². The monoisotopic (exact) mass is 306 g/mol. The number of hydrogen-bond donors (Lipinski definition) is 2. The first-order valence-electron chi connectivity index (χ1n) is 6.38. The molecule has 1 aromatic rings. The lowest BCUT2D eigenvalue weighted by Crippen LogP contribution is -2.39. The molecular weight excluding hydrogens is 292 g/mol. The van der Waals surface area contributed by atoms with Crippen molar-refractivity contribution in [1.29, 1.82) is 0 Å². The number of anilines is 1. The molecule has 0 radical (unpaired) electrons. The lowest BCUT2D eigenvalue weighted by atomic mass is 10.1. The molecule has 0 aliphatic heterocycles. The molecule has 0 spiro atoms. The maximum atomic E-state index is 13.0. The molecule has 2 N–H and O–H groups in total. The Morgan fingerprint density at radius 2 is 2.05 bits per heavy atom. The maximum Gasteiger partial charge on any atom is 0.418 e. The van der Waals surface area contributed by atoms with E-state index in [1.54, 1.807) is 0 Å². The van der Waals surface area contributed by atoms with E-state index in [1.165, 1.54) is 4.90 Å². The average Bonchev–Trinajstić information content (AvgIpc) is 3.21. The fraction of sp³-hybridized carbons (Fsp3) is 0.462. The minimum absolute atomic E-state index is 0.0407. The summed E-state index contributed by atoms with van der Waals surface area (Å²) >= 11 is 0. The zero-order valence-corrected chi connectivity index (χ0v) is 11.0. The van der Waals surface area contributed by atoms with Crippen LogP contribution in [0.25, 0.3) is 0 Å². The third-order valence-corrected chi connectivity index (χ3v) is 3.12. The lowest BCUT2D eigenvalue weighted by Gasteiger charge is -2.23. The van der Waals surface area contributed by atoms with Crippen LogP contribution in [0.4, 0.5) is 28.0 Å². The van der Waals surface area contributed by atoms with Crippen LogP contribution in [0.2, 0.25) is 0 Å². The Kier molecular flexibility index (Phi) is 4.36. The van der Waals surface area contributed by atoms with Gasteiger partial charge >= 0.3 is 12.2 Å². The third kappa shape index (κ3) is 3.84. The van der Waals surface area contributed by atoms with Crippen molar-refractivity contribution in [1.82, 2.24) is 4.90 Å². The van der Waals surface area contributed by atoms with Gasteiger partial charge in [0.15, 0.2) is 0 Å². The first kappa shape index (κ1) is 15.6. The molecule has 0 unspecified atom stereocenters. The van der Waals surface area contributed by atoms with Crippen LogP contribution in [-0.4, -0.2) is 35.2 Å². The van der Waals surface area contributed by atoms with Gasteiger partial charge in [0.1, 0.15) is 5.82 Å². The second kappa shape index (κ2) is 5.88. The third-order valence-electron chi connectivity index (χ3n) is 3.12. The highest BCUT2D eigenvalue weighted by Gasteiger charge is 2.36. The molecule has 0 heterocycles. The Hall–Kier alpha value is -1.83. The van der Waals surface area contributed by atoms with E-state index in [-0.39, 0.29) is 19.2 Å². The summed E-state index contributed by atoms with van der Waals surface area (Å²) in [7, 11) is 0. The van der Waals surface area contributed by atoms with Gasteiger partial charge in [-0.25, -0.2) is 9.18 Å². The molecule has 1 aliphatic rings. The van der Waals surface area contributed by atoms with Crippen LogP contribution in [0.5, 0.6) is 0 Å². The summed E-state index contributed by atoms with van der Waals surface area (Å²) in [6.45, 7) is -0.238. The average molecular weight is 306 g/mol. The summed E-state index contributed by atoms with van der Waals surface area (Å²) in [5.41, 5.74) is -1.74. The summed E-state index contributed by atoms with van der Waals surface area (Å²) in [5.74, 6) is -1.03. The standard InChI is InChI=1S/C13H14F4N2O2/c14-8-1-4-11(10(7-8)13(15,16)17)18-12(21)19(5-6-20)9-2-3-9/h1,4,7,9,20H,2-3,5-6H2,(H,18,21). The lowest BCUT2D eigenvalue weighted by molar-refractivity contribution is -0.137. The highest BCUT2D eigenvalue weighted by atomic mass is 19.4. The minimum atomic E-state index is -4.77. The number of halogens is 4. The van der Waals surface area contributed by atoms with E-state index in [0.717, 1.165) is 25.0 Å². The van der Waals surface area contributed by atoms with Crippen LogP contribution in [0, 0.1) is 5.82 Å². The Morgan fingerprint density at radius 3 is 2.57 bits per heavy atom. The molecule has 0 saturated heterocycles. The molecular formula is C13H14F4N2O2. The minimum Gasteiger partial charge on any atom is -0.395 e. The maximum absolute atomic E-state index is 13.0. The number of nitrogens with one attached hydrogen (secondary N) is 1. The van der Waals surface area contributed by atoms with Gasteiger partial charge in [-0.2, -0.15) is 13.2 Å². The van der Waals surface area contributed by atoms with Crippen LogP contribution >= 0.6 is 0 Å². The predicted molar refractivity (Wildman–Crippen MR) is 67.2 cm³/mol. The van der Waals surface area contributed by atoms with Crippen LogP contribution in [0.3, 0.4) is 0 Å². The summed E-state index contributed by atoms with van der Waals surface area (Å²) in [5, 5.41) is 11.0. The van der Waals surface area contributed by atoms with Crippen LogP contribution in [0.15, 0.2) is 18.2 Å². The van der Waals surface area contributed by atoms with Crippen molar-refractivity contribution in [2.45, 2.75) is 25.1 Å². The normalized spacial score (nSPS) is 14.9. The Balaban J connectivity index is 2.20. The first-order chi connectivity index (χ1) is 9.82. The number of aliphatic hydroxyl groups is 1. The Labute approximate surface area is 118 Å². The molecule has 116 valence electrons. The molecule has 1 aromatic carbocycles. The van der Waals surface area contributed by atoms with Crippen molar-refractivity contribution in [2.75, 3.05) is 18.5 Å². The largest absolute Gasteiger partial charge is 0.418 e. The summed E-state index contributed by atoms with van der Waals surface area (Å²) < 4.78 is 51.5. The van der Waals surface area contributed by atoms with Crippen molar-refractivity contribution in [3.8, 4) is 0 Å². The number of urea groups is 1. The van der Waals surface area contributed by atoms with E-state index >= 15 is 0 Å². The number of alkyl halides is 3. The van der Waals surface area contributed by atoms with Crippen molar-refractivity contribution < 1.29 is 27.5 Å². The topological polar surface area (TPSA) is 52.6 Å². The smallest absolute Gasteiger partial charge is 0.395 e. The highest BCUT2D eigenvalue weighted by molar-refractivity contribution is 5.90. The number of nitrogens with zero attached hydrogens (tertiary/aromatic N) is 1. The van der Waals surface area contributed by atoms with Gasteiger partial charge in [0.05, 0.1) is 17.9 Å². The quantitative estimate of drug-likeness (QED) is 0.841. The molecule has 0 bridgehead atoms. The second-order valence-corrected chi connectivity index (χ2v) is 4.77. The molecule has 21 heavy (non-hydrogen) atoms. The van der Waals surface area contributed by atoms with Gasteiger partial charge < -0.3 is 15.3 Å². The van der Waals surface area contributed by atoms with Crippen molar-refractivity contribution >= 4 is 11.7 Å². The van der Waals surface area contributed by atoms with E-state index in [0.29, 0.717) is 6.07 Å². The fourth-order valence-corrected chi connectivity index (χ4v) is 1.99. The van der Waals surface area contributed by atoms with Gasteiger partial charge in [-0.15, -0.1) is 0 Å². The van der Waals surface area contributed by atoms with Gasteiger partial charge in [0.25, 0.3) is 0 Å². The summed E-state index contributed by atoms with van der Waals surface area (Å²) in [6, 6.07) is 1.26. The van der Waals surface area contributed by atoms with Gasteiger partial charge in [0, 0.05) is 12.6 Å². The molecule has 4 nitrogen and oxygen atoms in total. The van der Waals surface area contributed by atoms with Gasteiger partial charge in [-0.05, 0) is 31.0 Å². The zero-order chi connectivity index (χ0) is 15.6. The fourth-order valence-electron chi connectivity index (χ4n) is 1.99. The number of rotatable bonds is 4. The number of aliphatic hydroxyl groups excluding tert-OH is 1. The molecule has 8 heteroatoms. The molecule has 1 saturated carbocycles. The van der Waals surface area contributed by atoms with Crippen molar-refractivity contribution in [3.05, 3.63) is 29.6 Å². The van der Waals surface area contributed by atoms with Crippen molar-refractivity contribution in [3.63, 3.8) is 0 Å². The molecule has 0 atom stereocenters. The van der Waals surface area contributed by atoms with E-state index in [1.807, 2.05) is 0 Å². The molecule has 2 rings (SSSR count). The number of amides is 2. The summed E-state index contributed by atoms with van der Waals surface area (Å²) in [6.07, 6.45) is -3.27. The first-order valence-corrected chi connectivity index (χ1v) is 6.38. The van der Waals surface area contributed by atoms with Gasteiger partial charge in [-0.1, -0.05) is 0 Å². The highest BCUT2D eigenvalue weighted by Crippen LogP contribution is 2.36. The number of carbonyl (C=O) groups is 1. The van der Waals surface area contributed by atoms with E-state index in [9.17, 15) is 22.4 Å². The molecule has 0 aromatic heterocycles. The van der Waals surface area contributed by atoms with Crippen molar-refractivity contribution in [2.24, 2.45) is 0 Å². The van der Waals surface area contributed by atoms with E-state index in [2.05, 4.69) is 5.32 Å². The van der Waals surface area contributed by atoms with Gasteiger partial charge in [0.2, 0.25) is 0 Å². The Bertz CT molecular complexity index is 529. The SMILES string of the molecule is O=C(Nc1ccc(F)cc1C(F)(F)F)N(CCO)C1CC1. The Morgan fingerprint density at radius 1 is 1.38 bits per heavy atom. The number of hydrogen-bond acceptors (Lipinski definition) is 2. The number of carbonyl (C=O) groups excluding carboxylic acids is 1. The molecule has 2 amide bonds. The van der Waals surface area contributed by atoms with Gasteiger partial charge in [-0.3, -0.25) is 0 Å². The van der Waals surface area contributed by atoms with Crippen LogP contribution in [0.1, 0.15) is 18.4 Å². The zero-order valence-electron chi connectivity index (χ0n) is 11.0. The van der Waals surface area contributed by atoms with Crippen LogP contribution in [-0.2, 0) is 6.18 Å². The van der Waals surface area contributed by atoms with E-state index in [4.69, 9.17) is 5.11 Å². The molecule has 1 aliphatic carbocycles. The predicted octanol–water partition coefficient (Wildman–Crippen LogP) is 2.83. The summed E-state index contributed by atoms with van der Waals surface area (Å²) in [4.78, 5) is 13.3.